The minimum Gasteiger partial charge on any atom is -0.376 e. The van der Waals surface area contributed by atoms with Crippen LogP contribution in [0.15, 0.2) is 76.9 Å². The van der Waals surface area contributed by atoms with Crippen LogP contribution in [0.25, 0.3) is 39.0 Å². The van der Waals surface area contributed by atoms with Gasteiger partial charge in [-0.3, -0.25) is 13.8 Å². The number of benzene rings is 3. The maximum absolute atomic E-state index is 16.1. The minimum absolute atomic E-state index is 0.0232. The van der Waals surface area contributed by atoms with Crippen molar-refractivity contribution < 1.29 is 21.9 Å². The Bertz CT molecular complexity index is 3290. The molecule has 3 aromatic carbocycles. The van der Waals surface area contributed by atoms with Crippen LogP contribution < -0.4 is 5.69 Å². The molecule has 16 heteroatoms. The summed E-state index contributed by atoms with van der Waals surface area (Å²) in [6.45, 7) is 10.1. The number of ether oxygens (including phenoxy) is 1. The standard InChI is InChI=1S/C47H47F2N9O4S/c1-26-17-33(18-27(2)42(26)48)57-44(55-15-14-54(45(55)59)39-12-11-37-34(43(39)49)24-51-53(37)6)41-35(52-57)21-32-8-10-38(41)58(32)63(60,61)40-20-31-19-29(30-13-16-62-46(4,5)23-30)7-9-36(31)56(40)47(25-50)22-28(47)3/h7,9,11-12,14-15,17-20,24,28,30,32,38H,8,10,13,16,21-23H2,1-6H3/t28-,30?,32+,38-,47+/m0/s1. The van der Waals surface area contributed by atoms with Gasteiger partial charge in [0.1, 0.15) is 17.2 Å². The van der Waals surface area contributed by atoms with E-state index in [0.717, 1.165) is 23.8 Å². The van der Waals surface area contributed by atoms with E-state index in [1.807, 2.05) is 13.0 Å². The summed E-state index contributed by atoms with van der Waals surface area (Å²) in [4.78, 5) is 14.7. The largest absolute Gasteiger partial charge is 0.376 e. The second-order valence-electron chi connectivity index (χ2n) is 18.8. The Kier molecular flexibility index (Phi) is 8.59. The highest BCUT2D eigenvalue weighted by Crippen LogP contribution is 2.55. The summed E-state index contributed by atoms with van der Waals surface area (Å²) in [6, 6.07) is 15.7. The molecule has 3 fully saturated rings. The summed E-state index contributed by atoms with van der Waals surface area (Å²) < 4.78 is 77.7. The first kappa shape index (κ1) is 39.9. The first-order chi connectivity index (χ1) is 30.0. The molecule has 2 bridgehead atoms. The molecule has 0 spiro atoms. The van der Waals surface area contributed by atoms with Gasteiger partial charge in [0.2, 0.25) is 0 Å². The van der Waals surface area contributed by atoms with E-state index in [4.69, 9.17) is 9.84 Å². The summed E-state index contributed by atoms with van der Waals surface area (Å²) in [5.74, 6) is -0.520. The summed E-state index contributed by atoms with van der Waals surface area (Å²) in [5, 5.41) is 21.1. The van der Waals surface area contributed by atoms with Gasteiger partial charge >= 0.3 is 5.69 Å². The van der Waals surface area contributed by atoms with Crippen molar-refractivity contribution in [1.82, 2.24) is 37.6 Å². The molecule has 3 aliphatic heterocycles. The zero-order valence-corrected chi connectivity index (χ0v) is 36.7. The van der Waals surface area contributed by atoms with Gasteiger partial charge in [-0.2, -0.15) is 19.8 Å². The molecule has 63 heavy (non-hydrogen) atoms. The average molecular weight is 872 g/mol. The van der Waals surface area contributed by atoms with E-state index in [1.54, 1.807) is 63.4 Å². The lowest BCUT2D eigenvalue weighted by Gasteiger charge is -2.35. The van der Waals surface area contributed by atoms with Gasteiger partial charge < -0.3 is 9.30 Å². The Labute approximate surface area is 362 Å². The van der Waals surface area contributed by atoms with Crippen LogP contribution in [0.3, 0.4) is 0 Å². The third-order valence-corrected chi connectivity index (χ3v) is 16.3. The van der Waals surface area contributed by atoms with Gasteiger partial charge in [0.15, 0.2) is 10.8 Å². The minimum atomic E-state index is -4.32. The lowest BCUT2D eigenvalue weighted by molar-refractivity contribution is -0.0592. The molecule has 1 aliphatic carbocycles. The van der Waals surface area contributed by atoms with Gasteiger partial charge in [0.05, 0.1) is 57.4 Å². The fraction of sp³-hybridized carbons (Fsp3) is 0.404. The molecule has 0 N–H and O–H groups in total. The number of imidazole rings is 1. The van der Waals surface area contributed by atoms with Crippen LogP contribution in [0.2, 0.25) is 0 Å². The summed E-state index contributed by atoms with van der Waals surface area (Å²) in [7, 11) is -2.61. The second kappa shape index (κ2) is 13.6. The summed E-state index contributed by atoms with van der Waals surface area (Å²) in [5.41, 5.74) is 2.90. The predicted octanol–water partition coefficient (Wildman–Crippen LogP) is 7.93. The molecule has 7 heterocycles. The molecule has 0 amide bonds. The van der Waals surface area contributed by atoms with Crippen LogP contribution in [0.4, 0.5) is 8.78 Å². The molecule has 324 valence electrons. The lowest BCUT2D eigenvalue weighted by atomic mass is 9.83. The van der Waals surface area contributed by atoms with Gasteiger partial charge in [0, 0.05) is 49.5 Å². The molecule has 4 aliphatic rings. The van der Waals surface area contributed by atoms with Crippen molar-refractivity contribution in [2.24, 2.45) is 13.0 Å². The average Bonchev–Trinajstić information content (AvgIpc) is 3.83. The normalized spacial score (nSPS) is 24.3. The van der Waals surface area contributed by atoms with Crippen LogP contribution in [-0.4, -0.2) is 64.2 Å². The second-order valence-corrected chi connectivity index (χ2v) is 20.6. The van der Waals surface area contributed by atoms with Crippen molar-refractivity contribution in [3.63, 3.8) is 0 Å². The number of sulfonamides is 1. The van der Waals surface area contributed by atoms with E-state index in [1.165, 1.54) is 33.8 Å². The number of hydrogen-bond donors (Lipinski definition) is 0. The molecular weight excluding hydrogens is 825 g/mol. The van der Waals surface area contributed by atoms with E-state index in [-0.39, 0.29) is 45.8 Å². The molecule has 0 radical (unpaired) electrons. The quantitative estimate of drug-likeness (QED) is 0.159. The maximum atomic E-state index is 16.1. The van der Waals surface area contributed by atoms with Gasteiger partial charge in [-0.25, -0.2) is 26.7 Å². The predicted molar refractivity (Wildman–Crippen MR) is 232 cm³/mol. The Morgan fingerprint density at radius 3 is 2.38 bits per heavy atom. The molecule has 13 nitrogen and oxygen atoms in total. The Morgan fingerprint density at radius 2 is 1.67 bits per heavy atom. The van der Waals surface area contributed by atoms with E-state index in [9.17, 15) is 10.1 Å². The van der Waals surface area contributed by atoms with Crippen LogP contribution in [-0.2, 0) is 33.8 Å². The third kappa shape index (κ3) is 5.74. The van der Waals surface area contributed by atoms with Crippen molar-refractivity contribution >= 4 is 31.8 Å². The smallest absolute Gasteiger partial charge is 0.338 e. The highest BCUT2D eigenvalue weighted by atomic mass is 32.2. The van der Waals surface area contributed by atoms with E-state index in [0.29, 0.717) is 70.8 Å². The van der Waals surface area contributed by atoms with E-state index < -0.39 is 39.2 Å². The van der Waals surface area contributed by atoms with Gasteiger partial charge in [-0.15, -0.1) is 0 Å². The number of halogens is 2. The van der Waals surface area contributed by atoms with Crippen LogP contribution in [0.5, 0.6) is 0 Å². The molecular formula is C47H47F2N9O4S. The fourth-order valence-corrected chi connectivity index (χ4v) is 13.1. The molecule has 1 unspecified atom stereocenters. The first-order valence-electron chi connectivity index (χ1n) is 21.6. The Hall–Kier alpha value is -5.89. The van der Waals surface area contributed by atoms with Crippen molar-refractivity contribution in [2.75, 3.05) is 6.61 Å². The fourth-order valence-electron chi connectivity index (χ4n) is 11.0. The zero-order valence-electron chi connectivity index (χ0n) is 35.9. The first-order valence-corrected chi connectivity index (χ1v) is 23.0. The summed E-state index contributed by atoms with van der Waals surface area (Å²) in [6.07, 6.45) is 7.89. The number of aryl methyl sites for hydroxylation is 3. The monoisotopic (exact) mass is 871 g/mol. The number of aromatic nitrogens is 7. The maximum Gasteiger partial charge on any atom is 0.338 e. The van der Waals surface area contributed by atoms with Crippen molar-refractivity contribution in [3.05, 3.63) is 117 Å². The van der Waals surface area contributed by atoms with Crippen molar-refractivity contribution in [2.45, 2.75) is 107 Å². The molecule has 5 atom stereocenters. The van der Waals surface area contributed by atoms with Gasteiger partial charge in [-0.05, 0) is 131 Å². The SMILES string of the molecule is Cc1cc(-n2nc3c(c2-n2ccn(-c4ccc5c(cnn5C)c4F)c2=O)[C@@H]2CC[C@H](C3)N2S(=O)(=O)c2cc3cc(C4CCOC(C)(C)C4)ccc3n2[C@@]2(C#N)C[C@@H]2C)cc(C)c1F. The number of fused-ring (bicyclic) bond motifs is 6. The summed E-state index contributed by atoms with van der Waals surface area (Å²) >= 11 is 0. The molecule has 4 aromatic heterocycles. The van der Waals surface area contributed by atoms with Crippen molar-refractivity contribution in [1.29, 1.82) is 5.26 Å². The highest BCUT2D eigenvalue weighted by Gasteiger charge is 2.58. The Morgan fingerprint density at radius 1 is 0.937 bits per heavy atom. The zero-order chi connectivity index (χ0) is 44.1. The number of hydrogen-bond acceptors (Lipinski definition) is 7. The van der Waals surface area contributed by atoms with Gasteiger partial charge in [-0.1, -0.05) is 13.0 Å². The van der Waals surface area contributed by atoms with Gasteiger partial charge in [0.25, 0.3) is 10.0 Å². The topological polar surface area (TPSA) is 138 Å². The highest BCUT2D eigenvalue weighted by molar-refractivity contribution is 7.89. The lowest BCUT2D eigenvalue weighted by Crippen LogP contribution is -2.43. The number of rotatable bonds is 7. The third-order valence-electron chi connectivity index (χ3n) is 14.3. The van der Waals surface area contributed by atoms with E-state index in [2.05, 4.69) is 37.1 Å². The van der Waals surface area contributed by atoms with Crippen LogP contribution >= 0.6 is 0 Å². The molecule has 2 saturated heterocycles. The number of nitrogens with zero attached hydrogens (tertiary/aromatic N) is 9. The molecule has 1 saturated carbocycles. The Balaban J connectivity index is 1.08. The molecule has 7 aromatic rings. The molecule has 11 rings (SSSR count). The van der Waals surface area contributed by atoms with Crippen molar-refractivity contribution in [3.8, 4) is 23.3 Å². The number of nitriles is 1. The van der Waals surface area contributed by atoms with Crippen LogP contribution in [0.1, 0.15) is 92.8 Å². The van der Waals surface area contributed by atoms with Crippen LogP contribution in [0, 0.1) is 42.7 Å². The van der Waals surface area contributed by atoms with E-state index >= 15 is 17.2 Å².